The highest BCUT2D eigenvalue weighted by molar-refractivity contribution is 5.67. The summed E-state index contributed by atoms with van der Waals surface area (Å²) in [5, 5.41) is 27.4. The third kappa shape index (κ3) is 6.19. The first-order chi connectivity index (χ1) is 17.3. The zero-order chi connectivity index (χ0) is 25.7. The molecule has 36 heavy (non-hydrogen) atoms. The molecule has 0 aliphatic heterocycles. The molecule has 0 bridgehead atoms. The molecule has 2 N–H and O–H groups in total. The number of carbonyl (C=O) groups excluding carboxylic acids is 1. The first kappa shape index (κ1) is 25.6. The van der Waals surface area contributed by atoms with Crippen molar-refractivity contribution in [2.45, 2.75) is 58.2 Å². The van der Waals surface area contributed by atoms with Crippen molar-refractivity contribution in [3.8, 4) is 17.1 Å². The van der Waals surface area contributed by atoms with E-state index in [1.54, 1.807) is 24.8 Å². The van der Waals surface area contributed by atoms with E-state index in [0.717, 1.165) is 24.8 Å². The summed E-state index contributed by atoms with van der Waals surface area (Å²) in [6, 6.07) is 13.3. The Kier molecular flexibility index (Phi) is 8.17. The lowest BCUT2D eigenvalue weighted by Crippen LogP contribution is -2.32. The highest BCUT2D eigenvalue weighted by Crippen LogP contribution is 2.31. The number of aromatic nitrogens is 4. The maximum absolute atomic E-state index is 12.5. The average Bonchev–Trinajstić information content (AvgIpc) is 3.24. The summed E-state index contributed by atoms with van der Waals surface area (Å²) < 4.78 is 13.3. The van der Waals surface area contributed by atoms with Gasteiger partial charge in [-0.2, -0.15) is 0 Å². The molecule has 3 aromatic rings. The number of ether oxygens (including phenoxy) is 2. The van der Waals surface area contributed by atoms with Gasteiger partial charge < -0.3 is 24.6 Å². The molecule has 1 saturated carbocycles. The van der Waals surface area contributed by atoms with Gasteiger partial charge in [0.05, 0.1) is 17.5 Å². The zero-order valence-electron chi connectivity index (χ0n) is 20.9. The first-order valence-corrected chi connectivity index (χ1v) is 12.1. The Labute approximate surface area is 210 Å². The van der Waals surface area contributed by atoms with E-state index >= 15 is 0 Å². The smallest absolute Gasteiger partial charge is 0.410 e. The van der Waals surface area contributed by atoms with Crippen LogP contribution in [-0.4, -0.2) is 60.6 Å². The Hall–Kier alpha value is -3.50. The molecule has 2 heterocycles. The standard InChI is InChI=1S/C26H33N5O5/c1-17-23(36-20-11-7-10-19(14-20)25(32)33)13-12-21(27-17)24-22(31(3)29-28-24)16-35-26(34)30(2)15-18-8-5-4-6-9-18/h4-6,8-9,12-13,19-20,25,32-33H,7,10-11,14-16H2,1-3H3/t19-,20-/m0/s1. The van der Waals surface area contributed by atoms with E-state index in [1.165, 1.54) is 4.90 Å². The summed E-state index contributed by atoms with van der Waals surface area (Å²) in [7, 11) is 3.43. The minimum Gasteiger partial charge on any atom is -0.489 e. The van der Waals surface area contributed by atoms with E-state index < -0.39 is 12.4 Å². The van der Waals surface area contributed by atoms with Crippen LogP contribution >= 0.6 is 0 Å². The van der Waals surface area contributed by atoms with Gasteiger partial charge in [-0.25, -0.2) is 14.5 Å². The second-order valence-electron chi connectivity index (χ2n) is 9.26. The van der Waals surface area contributed by atoms with Gasteiger partial charge in [-0.15, -0.1) is 5.10 Å². The van der Waals surface area contributed by atoms with Crippen molar-refractivity contribution in [3.63, 3.8) is 0 Å². The number of aryl methyl sites for hydroxylation is 2. The monoisotopic (exact) mass is 495 g/mol. The van der Waals surface area contributed by atoms with Crippen LogP contribution in [0.1, 0.15) is 42.6 Å². The zero-order valence-corrected chi connectivity index (χ0v) is 20.9. The van der Waals surface area contributed by atoms with Gasteiger partial charge in [0.2, 0.25) is 0 Å². The molecule has 2 atom stereocenters. The number of aliphatic hydroxyl groups is 2. The number of pyridine rings is 1. The number of hydrogen-bond donors (Lipinski definition) is 2. The average molecular weight is 496 g/mol. The number of rotatable bonds is 8. The van der Waals surface area contributed by atoms with E-state index in [-0.39, 0.29) is 18.6 Å². The normalized spacial score (nSPS) is 17.7. The molecule has 1 aromatic carbocycles. The SMILES string of the molecule is Cc1nc(-c2nnn(C)c2COC(=O)N(C)Cc2ccccc2)ccc1O[C@H]1CCC[C@H](C(O)O)C1. The van der Waals surface area contributed by atoms with Crippen LogP contribution < -0.4 is 4.74 Å². The fourth-order valence-corrected chi connectivity index (χ4v) is 4.44. The maximum Gasteiger partial charge on any atom is 0.410 e. The largest absolute Gasteiger partial charge is 0.489 e. The van der Waals surface area contributed by atoms with Gasteiger partial charge in [-0.1, -0.05) is 35.5 Å². The maximum atomic E-state index is 12.5. The van der Waals surface area contributed by atoms with Crippen molar-refractivity contribution < 1.29 is 24.5 Å². The van der Waals surface area contributed by atoms with Crippen molar-refractivity contribution in [2.75, 3.05) is 7.05 Å². The lowest BCUT2D eigenvalue weighted by Gasteiger charge is -2.30. The van der Waals surface area contributed by atoms with Gasteiger partial charge >= 0.3 is 6.09 Å². The van der Waals surface area contributed by atoms with Crippen molar-refractivity contribution in [1.82, 2.24) is 24.9 Å². The van der Waals surface area contributed by atoms with Gasteiger partial charge in [0, 0.05) is 26.6 Å². The molecule has 2 aromatic heterocycles. The number of hydrogen-bond acceptors (Lipinski definition) is 8. The summed E-state index contributed by atoms with van der Waals surface area (Å²) in [5.74, 6) is 0.476. The second-order valence-corrected chi connectivity index (χ2v) is 9.26. The Bertz CT molecular complexity index is 1170. The van der Waals surface area contributed by atoms with E-state index in [1.807, 2.05) is 43.3 Å². The number of nitrogens with zero attached hydrogens (tertiary/aromatic N) is 5. The summed E-state index contributed by atoms with van der Waals surface area (Å²) in [6.45, 7) is 2.30. The third-order valence-corrected chi connectivity index (χ3v) is 6.51. The van der Waals surface area contributed by atoms with Crippen molar-refractivity contribution >= 4 is 6.09 Å². The highest BCUT2D eigenvalue weighted by Gasteiger charge is 2.28. The predicted molar refractivity (Wildman–Crippen MR) is 132 cm³/mol. The topological polar surface area (TPSA) is 123 Å². The van der Waals surface area contributed by atoms with Gasteiger partial charge in [-0.05, 0) is 50.3 Å². The first-order valence-electron chi connectivity index (χ1n) is 12.1. The van der Waals surface area contributed by atoms with Gasteiger partial charge in [-0.3, -0.25) is 0 Å². The van der Waals surface area contributed by atoms with Crippen LogP contribution in [0.4, 0.5) is 4.79 Å². The molecule has 10 heteroatoms. The summed E-state index contributed by atoms with van der Waals surface area (Å²) in [6.07, 6.45) is 1.28. The van der Waals surface area contributed by atoms with Crippen LogP contribution in [-0.2, 0) is 24.9 Å². The molecule has 0 radical (unpaired) electrons. The van der Waals surface area contributed by atoms with Crippen LogP contribution in [0.3, 0.4) is 0 Å². The van der Waals surface area contributed by atoms with Gasteiger partial charge in [0.25, 0.3) is 0 Å². The van der Waals surface area contributed by atoms with E-state index in [4.69, 9.17) is 9.47 Å². The third-order valence-electron chi connectivity index (χ3n) is 6.51. The molecule has 0 saturated heterocycles. The highest BCUT2D eigenvalue weighted by atomic mass is 16.6. The van der Waals surface area contributed by atoms with Crippen LogP contribution in [0.2, 0.25) is 0 Å². The van der Waals surface area contributed by atoms with Crippen molar-refractivity contribution in [3.05, 3.63) is 59.4 Å². The van der Waals surface area contributed by atoms with Crippen LogP contribution in [0.25, 0.3) is 11.4 Å². The van der Waals surface area contributed by atoms with E-state index in [0.29, 0.717) is 41.5 Å². The fourth-order valence-electron chi connectivity index (χ4n) is 4.44. The molecule has 10 nitrogen and oxygen atoms in total. The fraction of sp³-hybridized carbons (Fsp3) is 0.462. The molecule has 1 fully saturated rings. The van der Waals surface area contributed by atoms with E-state index in [9.17, 15) is 15.0 Å². The quantitative estimate of drug-likeness (QED) is 0.457. The summed E-state index contributed by atoms with van der Waals surface area (Å²) >= 11 is 0. The summed E-state index contributed by atoms with van der Waals surface area (Å²) in [5.41, 5.74) is 3.47. The minimum atomic E-state index is -1.32. The van der Waals surface area contributed by atoms with E-state index in [2.05, 4.69) is 15.3 Å². The van der Waals surface area contributed by atoms with Crippen molar-refractivity contribution in [2.24, 2.45) is 13.0 Å². The molecule has 1 aliphatic rings. The Morgan fingerprint density at radius 1 is 1.19 bits per heavy atom. The molecular weight excluding hydrogens is 462 g/mol. The van der Waals surface area contributed by atoms with Crippen LogP contribution in [0.15, 0.2) is 42.5 Å². The molecule has 0 spiro atoms. The summed E-state index contributed by atoms with van der Waals surface area (Å²) in [4.78, 5) is 18.7. The Morgan fingerprint density at radius 2 is 1.97 bits per heavy atom. The lowest BCUT2D eigenvalue weighted by molar-refractivity contribution is -0.103. The minimum absolute atomic E-state index is 0.00270. The Balaban J connectivity index is 1.41. The second kappa shape index (κ2) is 11.5. The van der Waals surface area contributed by atoms with Crippen LogP contribution in [0, 0.1) is 12.8 Å². The number of amides is 1. The lowest BCUT2D eigenvalue weighted by atomic mass is 9.87. The molecule has 1 aliphatic carbocycles. The predicted octanol–water partition coefficient (Wildman–Crippen LogP) is 3.20. The molecule has 0 unspecified atom stereocenters. The number of aliphatic hydroxyl groups excluding tert-OH is 1. The molecule has 192 valence electrons. The Morgan fingerprint density at radius 3 is 2.69 bits per heavy atom. The van der Waals surface area contributed by atoms with Gasteiger partial charge in [0.15, 0.2) is 6.29 Å². The molecule has 1 amide bonds. The number of benzene rings is 1. The van der Waals surface area contributed by atoms with Gasteiger partial charge in [0.1, 0.15) is 23.7 Å². The van der Waals surface area contributed by atoms with Crippen molar-refractivity contribution in [1.29, 1.82) is 0 Å². The van der Waals surface area contributed by atoms with Crippen LogP contribution in [0.5, 0.6) is 5.75 Å². The number of carbonyl (C=O) groups is 1. The molecular formula is C26H33N5O5. The molecule has 4 rings (SSSR count).